The van der Waals surface area contributed by atoms with Crippen molar-refractivity contribution in [1.29, 1.82) is 0 Å². The lowest BCUT2D eigenvalue weighted by molar-refractivity contribution is -0.121. The van der Waals surface area contributed by atoms with E-state index in [1.54, 1.807) is 29.0 Å². The zero-order valence-electron chi connectivity index (χ0n) is 13.0. The Balaban J connectivity index is 2.29. The van der Waals surface area contributed by atoms with Crippen molar-refractivity contribution in [2.24, 2.45) is 5.84 Å². The average Bonchev–Trinajstić information content (AvgIpc) is 2.58. The van der Waals surface area contributed by atoms with Gasteiger partial charge in [0.15, 0.2) is 5.43 Å². The molecule has 1 aromatic heterocycles. The maximum Gasteiger partial charge on any atom is 0.253 e. The van der Waals surface area contributed by atoms with Crippen molar-refractivity contribution in [2.75, 3.05) is 0 Å². The van der Waals surface area contributed by atoms with Gasteiger partial charge in [0, 0.05) is 17.1 Å². The number of carbonyl (C=O) groups excluding carboxylic acids is 1. The van der Waals surface area contributed by atoms with Crippen LogP contribution in [0.15, 0.2) is 53.5 Å². The summed E-state index contributed by atoms with van der Waals surface area (Å²) in [5, 5.41) is 0.493. The molecule has 0 fully saturated rings. The molecule has 0 aliphatic rings. The van der Waals surface area contributed by atoms with Gasteiger partial charge in [0.25, 0.3) is 5.91 Å². The number of aromatic nitrogens is 1. The summed E-state index contributed by atoms with van der Waals surface area (Å²) in [4.78, 5) is 24.5. The predicted molar refractivity (Wildman–Crippen MR) is 90.7 cm³/mol. The predicted octanol–water partition coefficient (Wildman–Crippen LogP) is 2.11. The van der Waals surface area contributed by atoms with E-state index in [0.29, 0.717) is 22.0 Å². The number of aryl methyl sites for hydroxylation is 1. The molecular weight excluding hydrogens is 309 g/mol. The van der Waals surface area contributed by atoms with Crippen molar-refractivity contribution in [1.82, 2.24) is 9.99 Å². The molecule has 3 aromatic rings. The van der Waals surface area contributed by atoms with Crippen molar-refractivity contribution < 1.29 is 9.18 Å². The molecule has 0 unspecified atom stereocenters. The van der Waals surface area contributed by atoms with Gasteiger partial charge in [0.1, 0.15) is 12.4 Å². The minimum absolute atomic E-state index is 0.0229. The van der Waals surface area contributed by atoms with Crippen LogP contribution in [0.3, 0.4) is 0 Å². The Hall–Kier alpha value is -2.99. The van der Waals surface area contributed by atoms with Crippen LogP contribution >= 0.6 is 0 Å². The molecule has 2 aromatic carbocycles. The molecule has 0 spiro atoms. The van der Waals surface area contributed by atoms with Crippen LogP contribution in [0, 0.1) is 12.7 Å². The summed E-state index contributed by atoms with van der Waals surface area (Å²) in [7, 11) is 0. The van der Waals surface area contributed by atoms with Crippen molar-refractivity contribution in [3.05, 3.63) is 70.3 Å². The molecule has 3 rings (SSSR count). The topological polar surface area (TPSA) is 77.1 Å². The first-order valence-electron chi connectivity index (χ1n) is 7.39. The fraction of sp³-hybridized carbons (Fsp3) is 0.111. The maximum absolute atomic E-state index is 13.1. The van der Waals surface area contributed by atoms with Gasteiger partial charge in [-0.05, 0) is 42.3 Å². The van der Waals surface area contributed by atoms with Gasteiger partial charge in [-0.3, -0.25) is 15.0 Å². The molecule has 0 aliphatic heterocycles. The second-order valence-corrected chi connectivity index (χ2v) is 5.59. The summed E-state index contributed by atoms with van der Waals surface area (Å²) in [5.74, 6) is 4.41. The lowest BCUT2D eigenvalue weighted by Gasteiger charge is -2.13. The third-order valence-corrected chi connectivity index (χ3v) is 3.87. The number of halogens is 1. The molecule has 0 atom stereocenters. The minimum Gasteiger partial charge on any atom is -0.337 e. The lowest BCUT2D eigenvalue weighted by Crippen LogP contribution is -2.33. The Bertz CT molecular complexity index is 978. The Morgan fingerprint density at radius 2 is 1.92 bits per heavy atom. The van der Waals surface area contributed by atoms with E-state index in [4.69, 9.17) is 5.84 Å². The molecule has 122 valence electrons. The van der Waals surface area contributed by atoms with Crippen LogP contribution < -0.4 is 16.7 Å². The van der Waals surface area contributed by atoms with Gasteiger partial charge in [-0.1, -0.05) is 18.2 Å². The first-order chi connectivity index (χ1) is 11.5. The van der Waals surface area contributed by atoms with Crippen molar-refractivity contribution in [3.63, 3.8) is 0 Å². The van der Waals surface area contributed by atoms with Crippen LogP contribution in [0.5, 0.6) is 0 Å². The van der Waals surface area contributed by atoms with Gasteiger partial charge in [-0.2, -0.15) is 0 Å². The number of amides is 1. The Morgan fingerprint density at radius 1 is 1.21 bits per heavy atom. The van der Waals surface area contributed by atoms with Crippen LogP contribution in [0.1, 0.15) is 5.56 Å². The number of nitrogens with one attached hydrogen (secondary N) is 1. The third kappa shape index (κ3) is 2.91. The van der Waals surface area contributed by atoms with Crippen molar-refractivity contribution in [2.45, 2.75) is 13.5 Å². The molecule has 0 radical (unpaired) electrons. The monoisotopic (exact) mass is 325 g/mol. The normalized spacial score (nSPS) is 10.8. The molecule has 1 heterocycles. The number of carbonyl (C=O) groups is 1. The summed E-state index contributed by atoms with van der Waals surface area (Å²) in [6.07, 6.45) is 1.60. The number of nitrogens with zero attached hydrogens (tertiary/aromatic N) is 1. The molecule has 24 heavy (non-hydrogen) atoms. The smallest absolute Gasteiger partial charge is 0.253 e. The van der Waals surface area contributed by atoms with E-state index in [0.717, 1.165) is 5.56 Å². The molecule has 3 N–H and O–H groups in total. The Kier molecular flexibility index (Phi) is 4.14. The number of rotatable bonds is 3. The van der Waals surface area contributed by atoms with Gasteiger partial charge < -0.3 is 4.57 Å². The van der Waals surface area contributed by atoms with Crippen molar-refractivity contribution >= 4 is 16.8 Å². The van der Waals surface area contributed by atoms with Crippen LogP contribution in [-0.2, 0) is 11.3 Å². The maximum atomic E-state index is 13.1. The van der Waals surface area contributed by atoms with E-state index in [1.807, 2.05) is 19.1 Å². The molecule has 0 saturated heterocycles. The highest BCUT2D eigenvalue weighted by atomic mass is 19.1. The van der Waals surface area contributed by atoms with Crippen LogP contribution in [-0.4, -0.2) is 10.5 Å². The Morgan fingerprint density at radius 3 is 2.58 bits per heavy atom. The highest BCUT2D eigenvalue weighted by Gasteiger charge is 2.13. The Labute approximate surface area is 137 Å². The second kappa shape index (κ2) is 6.25. The number of fused-ring (bicyclic) bond motifs is 1. The highest BCUT2D eigenvalue weighted by Crippen LogP contribution is 2.21. The number of pyridine rings is 1. The third-order valence-electron chi connectivity index (χ3n) is 3.87. The number of benzene rings is 2. The van der Waals surface area contributed by atoms with Crippen LogP contribution in [0.25, 0.3) is 22.0 Å². The second-order valence-electron chi connectivity index (χ2n) is 5.59. The summed E-state index contributed by atoms with van der Waals surface area (Å²) in [6.45, 7) is 1.88. The SMILES string of the molecule is Cc1ccc2c(=O)c(-c3ccc(F)cc3)cn(CC(=O)NN)c2c1. The zero-order chi connectivity index (χ0) is 17.3. The van der Waals surface area contributed by atoms with E-state index in [-0.39, 0.29) is 23.7 Å². The van der Waals surface area contributed by atoms with Gasteiger partial charge >= 0.3 is 0 Å². The highest BCUT2D eigenvalue weighted by molar-refractivity contribution is 5.86. The summed E-state index contributed by atoms with van der Waals surface area (Å²) >= 11 is 0. The van der Waals surface area contributed by atoms with E-state index < -0.39 is 0 Å². The fourth-order valence-corrected chi connectivity index (χ4v) is 2.67. The molecule has 0 aliphatic carbocycles. The van der Waals surface area contributed by atoms with Gasteiger partial charge in [0.2, 0.25) is 0 Å². The zero-order valence-corrected chi connectivity index (χ0v) is 13.0. The molecular formula is C18H16FN3O2. The number of hydrazine groups is 1. The molecule has 1 amide bonds. The number of nitrogens with two attached hydrogens (primary N) is 1. The first kappa shape index (κ1) is 15.9. The lowest BCUT2D eigenvalue weighted by atomic mass is 10.0. The molecule has 0 saturated carbocycles. The summed E-state index contributed by atoms with van der Waals surface area (Å²) in [5.41, 5.74) is 4.53. The van der Waals surface area contributed by atoms with Crippen molar-refractivity contribution in [3.8, 4) is 11.1 Å². The van der Waals surface area contributed by atoms with E-state index in [2.05, 4.69) is 5.43 Å². The molecule has 5 nitrogen and oxygen atoms in total. The molecule has 0 bridgehead atoms. The first-order valence-corrected chi connectivity index (χ1v) is 7.39. The van der Waals surface area contributed by atoms with Gasteiger partial charge in [-0.25, -0.2) is 10.2 Å². The average molecular weight is 325 g/mol. The van der Waals surface area contributed by atoms with Crippen LogP contribution in [0.4, 0.5) is 4.39 Å². The van der Waals surface area contributed by atoms with Crippen LogP contribution in [0.2, 0.25) is 0 Å². The van der Waals surface area contributed by atoms with E-state index in [9.17, 15) is 14.0 Å². The van der Waals surface area contributed by atoms with E-state index in [1.165, 1.54) is 12.1 Å². The molecule has 6 heteroatoms. The summed E-state index contributed by atoms with van der Waals surface area (Å²) < 4.78 is 14.8. The fourth-order valence-electron chi connectivity index (χ4n) is 2.67. The quantitative estimate of drug-likeness (QED) is 0.440. The summed E-state index contributed by atoms with van der Waals surface area (Å²) in [6, 6.07) is 11.1. The standard InChI is InChI=1S/C18H16FN3O2/c1-11-2-7-14-16(8-11)22(10-17(23)21-20)9-15(18(14)24)12-3-5-13(19)6-4-12/h2-9H,10,20H2,1H3,(H,21,23). The number of hydrogen-bond donors (Lipinski definition) is 2. The van der Waals surface area contributed by atoms with Gasteiger partial charge in [0.05, 0.1) is 5.52 Å². The largest absolute Gasteiger partial charge is 0.337 e. The van der Waals surface area contributed by atoms with Gasteiger partial charge in [-0.15, -0.1) is 0 Å². The van der Waals surface area contributed by atoms with E-state index >= 15 is 0 Å². The number of hydrogen-bond acceptors (Lipinski definition) is 3. The minimum atomic E-state index is -0.383.